The first kappa shape index (κ1) is 15.0. The molecule has 4 nitrogen and oxygen atoms in total. The molecule has 2 N–H and O–H groups in total. The fourth-order valence-electron chi connectivity index (χ4n) is 2.51. The molecule has 1 heterocycles. The van der Waals surface area contributed by atoms with Gasteiger partial charge in [0.2, 0.25) is 5.91 Å². The number of para-hydroxylation sites is 1. The normalized spacial score (nSPS) is 16.4. The highest BCUT2D eigenvalue weighted by molar-refractivity contribution is 5.96. The Morgan fingerprint density at radius 2 is 2.00 bits per heavy atom. The van der Waals surface area contributed by atoms with Crippen LogP contribution >= 0.6 is 0 Å². The van der Waals surface area contributed by atoms with Gasteiger partial charge < -0.3 is 15.3 Å². The number of hydrogen-bond donors (Lipinski definition) is 2. The molecule has 1 aromatic carbocycles. The fourth-order valence-corrected chi connectivity index (χ4v) is 2.51. The SMILES string of the molecule is CC(C)CNCC(O)CN1C(=O)CCc2ccccc21. The van der Waals surface area contributed by atoms with Crippen LogP contribution in [0.3, 0.4) is 0 Å². The minimum atomic E-state index is -0.538. The molecule has 2 rings (SSSR count). The molecule has 110 valence electrons. The third kappa shape index (κ3) is 3.81. The molecule has 0 aromatic heterocycles. The minimum absolute atomic E-state index is 0.103. The van der Waals surface area contributed by atoms with Gasteiger partial charge in [0.15, 0.2) is 0 Å². The molecule has 0 saturated heterocycles. The monoisotopic (exact) mass is 276 g/mol. The topological polar surface area (TPSA) is 52.6 Å². The average Bonchev–Trinajstić information content (AvgIpc) is 2.41. The second-order valence-corrected chi connectivity index (χ2v) is 5.84. The minimum Gasteiger partial charge on any atom is -0.390 e. The van der Waals surface area contributed by atoms with Crippen LogP contribution in [0.5, 0.6) is 0 Å². The van der Waals surface area contributed by atoms with E-state index in [0.29, 0.717) is 25.4 Å². The zero-order valence-corrected chi connectivity index (χ0v) is 12.3. The highest BCUT2D eigenvalue weighted by atomic mass is 16.3. The van der Waals surface area contributed by atoms with E-state index in [4.69, 9.17) is 0 Å². The predicted octanol–water partition coefficient (Wildman–Crippen LogP) is 1.57. The van der Waals surface area contributed by atoms with Gasteiger partial charge in [-0.1, -0.05) is 32.0 Å². The molecule has 1 aliphatic rings. The van der Waals surface area contributed by atoms with Gasteiger partial charge >= 0.3 is 0 Å². The van der Waals surface area contributed by atoms with Crippen LogP contribution in [-0.4, -0.2) is 36.8 Å². The molecule has 0 bridgehead atoms. The summed E-state index contributed by atoms with van der Waals surface area (Å²) in [4.78, 5) is 13.8. The van der Waals surface area contributed by atoms with E-state index in [1.165, 1.54) is 5.56 Å². The van der Waals surface area contributed by atoms with Crippen molar-refractivity contribution in [2.75, 3.05) is 24.5 Å². The zero-order valence-electron chi connectivity index (χ0n) is 12.3. The Kier molecular flexibility index (Phi) is 5.15. The maximum absolute atomic E-state index is 12.1. The molecule has 0 saturated carbocycles. The van der Waals surface area contributed by atoms with E-state index < -0.39 is 6.10 Å². The Bertz CT molecular complexity index is 460. The van der Waals surface area contributed by atoms with E-state index in [0.717, 1.165) is 18.7 Å². The third-order valence-electron chi connectivity index (χ3n) is 3.52. The van der Waals surface area contributed by atoms with Crippen molar-refractivity contribution in [3.63, 3.8) is 0 Å². The summed E-state index contributed by atoms with van der Waals surface area (Å²) in [6.45, 7) is 6.01. The molecule has 1 unspecified atom stereocenters. The van der Waals surface area contributed by atoms with Gasteiger partial charge in [0, 0.05) is 18.7 Å². The van der Waals surface area contributed by atoms with Crippen LogP contribution in [0.4, 0.5) is 5.69 Å². The lowest BCUT2D eigenvalue weighted by atomic mass is 10.0. The number of fused-ring (bicyclic) bond motifs is 1. The lowest BCUT2D eigenvalue weighted by molar-refractivity contribution is -0.119. The van der Waals surface area contributed by atoms with Crippen molar-refractivity contribution in [3.05, 3.63) is 29.8 Å². The number of rotatable bonds is 6. The molecule has 1 aromatic rings. The van der Waals surface area contributed by atoms with Gasteiger partial charge in [-0.05, 0) is 30.5 Å². The summed E-state index contributed by atoms with van der Waals surface area (Å²) in [5, 5.41) is 13.3. The van der Waals surface area contributed by atoms with E-state index in [2.05, 4.69) is 25.2 Å². The average molecular weight is 276 g/mol. The summed E-state index contributed by atoms with van der Waals surface area (Å²) in [5.41, 5.74) is 2.14. The standard InChI is InChI=1S/C16H24N2O2/c1-12(2)9-17-10-14(19)11-18-15-6-4-3-5-13(15)7-8-16(18)20/h3-6,12,14,17,19H,7-11H2,1-2H3. The maximum atomic E-state index is 12.1. The quantitative estimate of drug-likeness (QED) is 0.829. The summed E-state index contributed by atoms with van der Waals surface area (Å²) in [6.07, 6.45) is 0.792. The first-order chi connectivity index (χ1) is 9.58. The van der Waals surface area contributed by atoms with Gasteiger partial charge in [-0.3, -0.25) is 4.79 Å². The van der Waals surface area contributed by atoms with Crippen LogP contribution in [-0.2, 0) is 11.2 Å². The van der Waals surface area contributed by atoms with E-state index in [1.807, 2.05) is 18.2 Å². The number of nitrogens with one attached hydrogen (secondary N) is 1. The highest BCUT2D eigenvalue weighted by Crippen LogP contribution is 2.27. The van der Waals surface area contributed by atoms with E-state index in [1.54, 1.807) is 4.90 Å². The van der Waals surface area contributed by atoms with E-state index >= 15 is 0 Å². The van der Waals surface area contributed by atoms with Crippen LogP contribution in [0.2, 0.25) is 0 Å². The Hall–Kier alpha value is -1.39. The number of β-amino-alcohol motifs (C(OH)–C–C–N with tert-alkyl or cyclic N) is 1. The zero-order chi connectivity index (χ0) is 14.5. The summed E-state index contributed by atoms with van der Waals surface area (Å²) in [7, 11) is 0. The number of aliphatic hydroxyl groups is 1. The summed E-state index contributed by atoms with van der Waals surface area (Å²) < 4.78 is 0. The smallest absolute Gasteiger partial charge is 0.227 e. The molecule has 0 aliphatic carbocycles. The van der Waals surface area contributed by atoms with E-state index in [9.17, 15) is 9.90 Å². The Morgan fingerprint density at radius 3 is 2.75 bits per heavy atom. The number of benzene rings is 1. The van der Waals surface area contributed by atoms with Gasteiger partial charge in [-0.15, -0.1) is 0 Å². The lowest BCUT2D eigenvalue weighted by Crippen LogP contribution is -2.44. The molecule has 20 heavy (non-hydrogen) atoms. The molecule has 0 spiro atoms. The van der Waals surface area contributed by atoms with Gasteiger partial charge in [0.25, 0.3) is 0 Å². The maximum Gasteiger partial charge on any atom is 0.227 e. The molecular formula is C16H24N2O2. The van der Waals surface area contributed by atoms with Crippen LogP contribution in [0.15, 0.2) is 24.3 Å². The lowest BCUT2D eigenvalue weighted by Gasteiger charge is -2.31. The number of aliphatic hydroxyl groups excluding tert-OH is 1. The number of carbonyl (C=O) groups excluding carboxylic acids is 1. The molecule has 0 fully saturated rings. The summed E-state index contributed by atoms with van der Waals surface area (Å²) in [6, 6.07) is 7.94. The van der Waals surface area contributed by atoms with Crippen molar-refractivity contribution in [1.82, 2.24) is 5.32 Å². The van der Waals surface area contributed by atoms with Crippen molar-refractivity contribution < 1.29 is 9.90 Å². The van der Waals surface area contributed by atoms with Crippen LogP contribution in [0.25, 0.3) is 0 Å². The van der Waals surface area contributed by atoms with Gasteiger partial charge in [0.05, 0.1) is 12.6 Å². The number of nitrogens with zero attached hydrogens (tertiary/aromatic N) is 1. The molecular weight excluding hydrogens is 252 g/mol. The largest absolute Gasteiger partial charge is 0.390 e. The number of carbonyl (C=O) groups is 1. The van der Waals surface area contributed by atoms with Crippen LogP contribution in [0, 0.1) is 5.92 Å². The Morgan fingerprint density at radius 1 is 1.25 bits per heavy atom. The number of amides is 1. The Balaban J connectivity index is 1.96. The fraction of sp³-hybridized carbons (Fsp3) is 0.562. The van der Waals surface area contributed by atoms with Crippen molar-refractivity contribution in [2.24, 2.45) is 5.92 Å². The van der Waals surface area contributed by atoms with Gasteiger partial charge in [-0.25, -0.2) is 0 Å². The van der Waals surface area contributed by atoms with Gasteiger partial charge in [0.1, 0.15) is 0 Å². The molecule has 1 amide bonds. The number of anilines is 1. The van der Waals surface area contributed by atoms with Crippen molar-refractivity contribution >= 4 is 11.6 Å². The van der Waals surface area contributed by atoms with Crippen molar-refractivity contribution in [2.45, 2.75) is 32.8 Å². The predicted molar refractivity (Wildman–Crippen MR) is 80.8 cm³/mol. The molecule has 1 atom stereocenters. The number of hydrogen-bond acceptors (Lipinski definition) is 3. The third-order valence-corrected chi connectivity index (χ3v) is 3.52. The highest BCUT2D eigenvalue weighted by Gasteiger charge is 2.25. The Labute approximate surface area is 120 Å². The first-order valence-corrected chi connectivity index (χ1v) is 7.35. The van der Waals surface area contributed by atoms with Gasteiger partial charge in [-0.2, -0.15) is 0 Å². The molecule has 0 radical (unpaired) electrons. The molecule has 1 aliphatic heterocycles. The first-order valence-electron chi connectivity index (χ1n) is 7.35. The second-order valence-electron chi connectivity index (χ2n) is 5.84. The van der Waals surface area contributed by atoms with Crippen LogP contribution < -0.4 is 10.2 Å². The number of aryl methyl sites for hydroxylation is 1. The van der Waals surface area contributed by atoms with Crippen LogP contribution in [0.1, 0.15) is 25.8 Å². The van der Waals surface area contributed by atoms with Crippen molar-refractivity contribution in [3.8, 4) is 0 Å². The second kappa shape index (κ2) is 6.86. The van der Waals surface area contributed by atoms with Crippen molar-refractivity contribution in [1.29, 1.82) is 0 Å². The van der Waals surface area contributed by atoms with E-state index in [-0.39, 0.29) is 5.91 Å². The summed E-state index contributed by atoms with van der Waals surface area (Å²) >= 11 is 0. The molecule has 4 heteroatoms. The summed E-state index contributed by atoms with van der Waals surface area (Å²) in [5.74, 6) is 0.658.